The maximum Gasteiger partial charge on any atom is 0.302 e. The van der Waals surface area contributed by atoms with Gasteiger partial charge in [-0.25, -0.2) is 0 Å². The number of hydrogen-bond donors (Lipinski definition) is 1. The Kier molecular flexibility index (Phi) is 5.17. The molecule has 22 heavy (non-hydrogen) atoms. The van der Waals surface area contributed by atoms with E-state index in [-0.39, 0.29) is 18.5 Å². The van der Waals surface area contributed by atoms with E-state index >= 15 is 0 Å². The first-order valence-corrected chi connectivity index (χ1v) is 7.13. The summed E-state index contributed by atoms with van der Waals surface area (Å²) in [5.41, 5.74) is 2.96. The molecule has 0 aliphatic carbocycles. The van der Waals surface area contributed by atoms with E-state index in [0.717, 1.165) is 11.1 Å². The van der Waals surface area contributed by atoms with E-state index in [4.69, 9.17) is 16.3 Å². The Balaban J connectivity index is 2.06. The van der Waals surface area contributed by atoms with Crippen LogP contribution in [0.5, 0.6) is 0 Å². The topological polar surface area (TPSA) is 55.4 Å². The Morgan fingerprint density at radius 2 is 1.82 bits per heavy atom. The molecule has 0 saturated heterocycles. The second-order valence-corrected chi connectivity index (χ2v) is 5.33. The fourth-order valence-corrected chi connectivity index (χ4v) is 2.03. The van der Waals surface area contributed by atoms with Crippen molar-refractivity contribution in [3.8, 4) is 0 Å². The van der Waals surface area contributed by atoms with Crippen molar-refractivity contribution < 1.29 is 14.3 Å². The van der Waals surface area contributed by atoms with Crippen molar-refractivity contribution >= 4 is 29.2 Å². The number of carbonyl (C=O) groups excluding carboxylic acids is 2. The average molecular weight is 318 g/mol. The van der Waals surface area contributed by atoms with Crippen LogP contribution in [0.15, 0.2) is 42.5 Å². The van der Waals surface area contributed by atoms with E-state index in [2.05, 4.69) is 5.32 Å². The van der Waals surface area contributed by atoms with Crippen molar-refractivity contribution in [3.63, 3.8) is 0 Å². The first-order chi connectivity index (χ1) is 10.5. The minimum Gasteiger partial charge on any atom is -0.461 e. The molecule has 2 rings (SSSR count). The van der Waals surface area contributed by atoms with Crippen LogP contribution in [0.1, 0.15) is 28.4 Å². The molecule has 2 aromatic carbocycles. The van der Waals surface area contributed by atoms with Gasteiger partial charge in [-0.15, -0.1) is 0 Å². The van der Waals surface area contributed by atoms with Gasteiger partial charge in [0.2, 0.25) is 0 Å². The Morgan fingerprint density at radius 3 is 2.45 bits per heavy atom. The largest absolute Gasteiger partial charge is 0.461 e. The number of esters is 1. The van der Waals surface area contributed by atoms with E-state index in [1.807, 2.05) is 13.0 Å². The zero-order valence-corrected chi connectivity index (χ0v) is 13.1. The van der Waals surface area contributed by atoms with Gasteiger partial charge in [0.25, 0.3) is 5.91 Å². The second-order valence-electron chi connectivity index (χ2n) is 4.89. The average Bonchev–Trinajstić information content (AvgIpc) is 2.49. The van der Waals surface area contributed by atoms with Crippen molar-refractivity contribution in [1.29, 1.82) is 0 Å². The number of carbonyl (C=O) groups is 2. The molecule has 114 valence electrons. The van der Waals surface area contributed by atoms with Gasteiger partial charge in [-0.05, 0) is 42.3 Å². The quantitative estimate of drug-likeness (QED) is 0.868. The summed E-state index contributed by atoms with van der Waals surface area (Å²) in [6, 6.07) is 12.2. The van der Waals surface area contributed by atoms with Crippen molar-refractivity contribution in [2.75, 3.05) is 5.32 Å². The molecule has 0 unspecified atom stereocenters. The molecule has 0 aromatic heterocycles. The van der Waals surface area contributed by atoms with Crippen LogP contribution in [-0.2, 0) is 16.1 Å². The van der Waals surface area contributed by atoms with Crippen molar-refractivity contribution in [3.05, 3.63) is 64.2 Å². The molecule has 2 aromatic rings. The molecule has 4 nitrogen and oxygen atoms in total. The Bertz CT molecular complexity index is 696. The molecule has 0 fully saturated rings. The monoisotopic (exact) mass is 317 g/mol. The van der Waals surface area contributed by atoms with Crippen LogP contribution in [0.2, 0.25) is 5.02 Å². The number of aryl methyl sites for hydroxylation is 1. The van der Waals surface area contributed by atoms with Crippen molar-refractivity contribution in [2.24, 2.45) is 0 Å². The molecule has 0 aliphatic rings. The molecule has 0 radical (unpaired) electrons. The summed E-state index contributed by atoms with van der Waals surface area (Å²) in [6.45, 7) is 3.45. The fraction of sp³-hybridized carbons (Fsp3) is 0.176. The van der Waals surface area contributed by atoms with Crippen molar-refractivity contribution in [1.82, 2.24) is 0 Å². The molecule has 0 saturated carbocycles. The van der Waals surface area contributed by atoms with Gasteiger partial charge in [0.15, 0.2) is 0 Å². The number of amides is 1. The number of rotatable bonds is 4. The molecule has 0 atom stereocenters. The first-order valence-electron chi connectivity index (χ1n) is 6.75. The van der Waals surface area contributed by atoms with Crippen LogP contribution in [0.3, 0.4) is 0 Å². The lowest BCUT2D eigenvalue weighted by molar-refractivity contribution is -0.142. The van der Waals surface area contributed by atoms with Gasteiger partial charge < -0.3 is 10.1 Å². The minimum atomic E-state index is -0.335. The molecular weight excluding hydrogens is 302 g/mol. The SMILES string of the molecule is CC(=O)OCc1ccc(C(=O)Nc2cc(Cl)ccc2C)cc1. The normalized spacial score (nSPS) is 10.1. The van der Waals surface area contributed by atoms with Gasteiger partial charge in [-0.2, -0.15) is 0 Å². The van der Waals surface area contributed by atoms with Gasteiger partial charge in [0.1, 0.15) is 6.61 Å². The first kappa shape index (κ1) is 16.0. The summed E-state index contributed by atoms with van der Waals surface area (Å²) in [5.74, 6) is -0.553. The molecule has 0 bridgehead atoms. The van der Waals surface area contributed by atoms with Gasteiger partial charge in [0.05, 0.1) is 0 Å². The Morgan fingerprint density at radius 1 is 1.14 bits per heavy atom. The Hall–Kier alpha value is -2.33. The summed E-state index contributed by atoms with van der Waals surface area (Å²) in [7, 11) is 0. The molecular formula is C17H16ClNO3. The fourth-order valence-electron chi connectivity index (χ4n) is 1.86. The van der Waals surface area contributed by atoms with E-state index in [1.54, 1.807) is 36.4 Å². The van der Waals surface area contributed by atoms with E-state index < -0.39 is 0 Å². The van der Waals surface area contributed by atoms with Crippen LogP contribution in [0.25, 0.3) is 0 Å². The van der Waals surface area contributed by atoms with Crippen LogP contribution < -0.4 is 5.32 Å². The van der Waals surface area contributed by atoms with E-state index in [9.17, 15) is 9.59 Å². The van der Waals surface area contributed by atoms with Gasteiger partial charge >= 0.3 is 5.97 Å². The number of hydrogen-bond acceptors (Lipinski definition) is 3. The highest BCUT2D eigenvalue weighted by Crippen LogP contribution is 2.21. The van der Waals surface area contributed by atoms with Crippen LogP contribution in [-0.4, -0.2) is 11.9 Å². The Labute approximate surface area is 134 Å². The van der Waals surface area contributed by atoms with E-state index in [0.29, 0.717) is 16.3 Å². The molecule has 1 N–H and O–H groups in total. The highest BCUT2D eigenvalue weighted by atomic mass is 35.5. The van der Waals surface area contributed by atoms with Gasteiger partial charge in [-0.1, -0.05) is 29.8 Å². The summed E-state index contributed by atoms with van der Waals surface area (Å²) in [5, 5.41) is 3.40. The number of halogens is 1. The number of ether oxygens (including phenoxy) is 1. The third-order valence-electron chi connectivity index (χ3n) is 3.11. The van der Waals surface area contributed by atoms with Gasteiger partial charge in [-0.3, -0.25) is 9.59 Å². The molecule has 0 aliphatic heterocycles. The minimum absolute atomic E-state index is 0.199. The summed E-state index contributed by atoms with van der Waals surface area (Å²) in [4.78, 5) is 23.0. The summed E-state index contributed by atoms with van der Waals surface area (Å²) in [6.07, 6.45) is 0. The zero-order chi connectivity index (χ0) is 16.1. The lowest BCUT2D eigenvalue weighted by Gasteiger charge is -2.09. The number of nitrogens with one attached hydrogen (secondary N) is 1. The number of benzene rings is 2. The standard InChI is InChI=1S/C17H16ClNO3/c1-11-3-8-15(18)9-16(11)19-17(21)14-6-4-13(5-7-14)10-22-12(2)20/h3-9H,10H2,1-2H3,(H,19,21). The second kappa shape index (κ2) is 7.09. The van der Waals surface area contributed by atoms with Gasteiger partial charge in [0, 0.05) is 23.2 Å². The predicted molar refractivity (Wildman–Crippen MR) is 86.1 cm³/mol. The summed E-state index contributed by atoms with van der Waals surface area (Å²) >= 11 is 5.93. The highest BCUT2D eigenvalue weighted by molar-refractivity contribution is 6.31. The maximum atomic E-state index is 12.2. The molecule has 1 amide bonds. The molecule has 0 spiro atoms. The van der Waals surface area contributed by atoms with Crippen LogP contribution in [0.4, 0.5) is 5.69 Å². The van der Waals surface area contributed by atoms with Crippen molar-refractivity contribution in [2.45, 2.75) is 20.5 Å². The third kappa shape index (κ3) is 4.33. The number of anilines is 1. The maximum absolute atomic E-state index is 12.2. The van der Waals surface area contributed by atoms with Crippen LogP contribution >= 0.6 is 11.6 Å². The van der Waals surface area contributed by atoms with Crippen LogP contribution in [0, 0.1) is 6.92 Å². The zero-order valence-electron chi connectivity index (χ0n) is 12.4. The predicted octanol–water partition coefficient (Wildman–Crippen LogP) is 3.96. The van der Waals surface area contributed by atoms with E-state index in [1.165, 1.54) is 6.92 Å². The lowest BCUT2D eigenvalue weighted by Crippen LogP contribution is -2.12. The smallest absolute Gasteiger partial charge is 0.302 e. The highest BCUT2D eigenvalue weighted by Gasteiger charge is 2.08. The molecule has 0 heterocycles. The summed E-state index contributed by atoms with van der Waals surface area (Å²) < 4.78 is 4.90. The lowest BCUT2D eigenvalue weighted by atomic mass is 10.1. The molecule has 5 heteroatoms. The third-order valence-corrected chi connectivity index (χ3v) is 3.34.